The normalized spacial score (nSPS) is 11.8. The fourth-order valence-corrected chi connectivity index (χ4v) is 3.58. The molecule has 0 radical (unpaired) electrons. The van der Waals surface area contributed by atoms with Crippen LogP contribution in [0.5, 0.6) is 0 Å². The van der Waals surface area contributed by atoms with E-state index in [1.54, 1.807) is 0 Å². The van der Waals surface area contributed by atoms with Gasteiger partial charge >= 0.3 is 0 Å². The zero-order valence-electron chi connectivity index (χ0n) is 11.8. The lowest BCUT2D eigenvalue weighted by atomic mass is 10.0. The molecule has 0 spiro atoms. The van der Waals surface area contributed by atoms with Crippen molar-refractivity contribution in [1.82, 2.24) is 4.98 Å². The minimum Gasteiger partial charge on any atom is -0.370 e. The molecule has 0 unspecified atom stereocenters. The quantitative estimate of drug-likeness (QED) is 0.440. The maximum absolute atomic E-state index is 5.39. The second-order valence-corrected chi connectivity index (χ2v) is 6.09. The summed E-state index contributed by atoms with van der Waals surface area (Å²) in [6, 6.07) is 15.0. The highest BCUT2D eigenvalue weighted by Crippen LogP contribution is 2.38. The summed E-state index contributed by atoms with van der Waals surface area (Å²) in [5.74, 6) is 0.0327. The van der Waals surface area contributed by atoms with E-state index in [0.29, 0.717) is 5.13 Å². The van der Waals surface area contributed by atoms with Crippen molar-refractivity contribution < 1.29 is 0 Å². The van der Waals surface area contributed by atoms with E-state index in [9.17, 15) is 0 Å². The van der Waals surface area contributed by atoms with E-state index in [-0.39, 0.29) is 5.96 Å². The third-order valence-electron chi connectivity index (χ3n) is 3.81. The SMILES string of the molecule is NC(N)=Nc1nc(-c2ccc3c(c2)Cc2ccccc2-3)cs1. The van der Waals surface area contributed by atoms with E-state index in [4.69, 9.17) is 11.5 Å². The molecule has 2 aromatic carbocycles. The monoisotopic (exact) mass is 306 g/mol. The molecule has 4 N–H and O–H groups in total. The third kappa shape index (κ3) is 2.16. The van der Waals surface area contributed by atoms with Crippen LogP contribution in [0, 0.1) is 0 Å². The van der Waals surface area contributed by atoms with Gasteiger partial charge in [0.15, 0.2) is 5.96 Å². The summed E-state index contributed by atoms with van der Waals surface area (Å²) in [5, 5.41) is 2.56. The average molecular weight is 306 g/mol. The molecule has 1 heterocycles. The van der Waals surface area contributed by atoms with Crippen molar-refractivity contribution in [3.63, 3.8) is 0 Å². The summed E-state index contributed by atoms with van der Waals surface area (Å²) in [5.41, 5.74) is 18.2. The van der Waals surface area contributed by atoms with E-state index in [0.717, 1.165) is 17.7 Å². The van der Waals surface area contributed by atoms with Gasteiger partial charge in [-0.15, -0.1) is 11.3 Å². The van der Waals surface area contributed by atoms with Crippen LogP contribution < -0.4 is 11.5 Å². The standard InChI is InChI=1S/C17H14N4S/c18-16(19)21-17-20-15(9-22-17)11-5-6-14-12(8-11)7-10-3-1-2-4-13(10)14/h1-6,8-9H,7H2,(H4,18,19,20,21). The second-order valence-electron chi connectivity index (χ2n) is 5.26. The summed E-state index contributed by atoms with van der Waals surface area (Å²) >= 11 is 1.43. The Kier molecular flexibility index (Phi) is 2.94. The second kappa shape index (κ2) is 4.96. The lowest BCUT2D eigenvalue weighted by molar-refractivity contribution is 1.26. The molecular weight excluding hydrogens is 292 g/mol. The van der Waals surface area contributed by atoms with Gasteiger partial charge in [-0.2, -0.15) is 4.99 Å². The molecule has 108 valence electrons. The minimum absolute atomic E-state index is 0.0327. The molecule has 4 rings (SSSR count). The van der Waals surface area contributed by atoms with Crippen LogP contribution in [-0.2, 0) is 6.42 Å². The van der Waals surface area contributed by atoms with Gasteiger partial charge in [-0.25, -0.2) is 4.98 Å². The summed E-state index contributed by atoms with van der Waals surface area (Å²) in [6.07, 6.45) is 0.976. The number of aliphatic imine (C=N–C) groups is 1. The predicted octanol–water partition coefficient (Wildman–Crippen LogP) is 3.29. The molecule has 22 heavy (non-hydrogen) atoms. The molecule has 0 fully saturated rings. The highest BCUT2D eigenvalue weighted by molar-refractivity contribution is 7.13. The van der Waals surface area contributed by atoms with Gasteiger partial charge in [-0.3, -0.25) is 0 Å². The number of thiazole rings is 1. The Bertz CT molecular complexity index is 891. The molecule has 1 aromatic heterocycles. The van der Waals surface area contributed by atoms with Crippen LogP contribution in [0.3, 0.4) is 0 Å². The smallest absolute Gasteiger partial charge is 0.212 e. The average Bonchev–Trinajstić information content (AvgIpc) is 3.10. The zero-order chi connectivity index (χ0) is 15.1. The van der Waals surface area contributed by atoms with Crippen molar-refractivity contribution in [2.45, 2.75) is 6.42 Å². The first-order chi connectivity index (χ1) is 10.7. The van der Waals surface area contributed by atoms with Crippen molar-refractivity contribution in [1.29, 1.82) is 0 Å². The maximum Gasteiger partial charge on any atom is 0.212 e. The molecule has 1 aliphatic rings. The Balaban J connectivity index is 1.73. The van der Waals surface area contributed by atoms with Crippen molar-refractivity contribution in [2.75, 3.05) is 0 Å². The number of hydrogen-bond acceptors (Lipinski definition) is 3. The first kappa shape index (κ1) is 13.0. The van der Waals surface area contributed by atoms with Crippen molar-refractivity contribution in [3.8, 4) is 22.4 Å². The fraction of sp³-hybridized carbons (Fsp3) is 0.0588. The van der Waals surface area contributed by atoms with E-state index < -0.39 is 0 Å². The molecule has 5 heteroatoms. The van der Waals surface area contributed by atoms with Crippen LogP contribution in [0.2, 0.25) is 0 Å². The molecule has 0 amide bonds. The molecule has 0 saturated carbocycles. The van der Waals surface area contributed by atoms with Crippen LogP contribution in [0.1, 0.15) is 11.1 Å². The van der Waals surface area contributed by atoms with Crippen molar-refractivity contribution in [3.05, 3.63) is 59.0 Å². The number of fused-ring (bicyclic) bond motifs is 3. The highest BCUT2D eigenvalue weighted by Gasteiger charge is 2.18. The highest BCUT2D eigenvalue weighted by atomic mass is 32.1. The summed E-state index contributed by atoms with van der Waals surface area (Å²) in [4.78, 5) is 8.46. The van der Waals surface area contributed by atoms with E-state index in [2.05, 4.69) is 52.4 Å². The molecule has 3 aromatic rings. The number of nitrogens with zero attached hydrogens (tertiary/aromatic N) is 2. The molecule has 0 bridgehead atoms. The number of aromatic nitrogens is 1. The number of benzene rings is 2. The van der Waals surface area contributed by atoms with Gasteiger partial charge in [0.25, 0.3) is 0 Å². The number of hydrogen-bond donors (Lipinski definition) is 2. The molecule has 1 aliphatic carbocycles. The molecule has 0 atom stereocenters. The number of nitrogens with two attached hydrogens (primary N) is 2. The Morgan fingerprint density at radius 2 is 1.86 bits per heavy atom. The van der Waals surface area contributed by atoms with Crippen LogP contribution in [0.15, 0.2) is 52.8 Å². The molecule has 4 nitrogen and oxygen atoms in total. The number of rotatable bonds is 2. The van der Waals surface area contributed by atoms with Crippen molar-refractivity contribution in [2.24, 2.45) is 16.5 Å². The first-order valence-corrected chi connectivity index (χ1v) is 7.85. The van der Waals surface area contributed by atoms with Crippen LogP contribution >= 0.6 is 11.3 Å². The Morgan fingerprint density at radius 3 is 2.73 bits per heavy atom. The van der Waals surface area contributed by atoms with Crippen LogP contribution in [-0.4, -0.2) is 10.9 Å². The van der Waals surface area contributed by atoms with Gasteiger partial charge in [-0.05, 0) is 34.7 Å². The lowest BCUT2D eigenvalue weighted by Crippen LogP contribution is -2.21. The zero-order valence-corrected chi connectivity index (χ0v) is 12.6. The summed E-state index contributed by atoms with van der Waals surface area (Å²) in [7, 11) is 0. The summed E-state index contributed by atoms with van der Waals surface area (Å²) < 4.78 is 0. The fourth-order valence-electron chi connectivity index (χ4n) is 2.86. The third-order valence-corrected chi connectivity index (χ3v) is 4.54. The molecule has 0 aliphatic heterocycles. The topological polar surface area (TPSA) is 77.3 Å². The van der Waals surface area contributed by atoms with Crippen molar-refractivity contribution >= 4 is 22.4 Å². The maximum atomic E-state index is 5.39. The lowest BCUT2D eigenvalue weighted by Gasteiger charge is -2.03. The predicted molar refractivity (Wildman–Crippen MR) is 91.3 cm³/mol. The first-order valence-electron chi connectivity index (χ1n) is 6.97. The molecule has 0 saturated heterocycles. The van der Waals surface area contributed by atoms with Gasteiger partial charge < -0.3 is 11.5 Å². The summed E-state index contributed by atoms with van der Waals surface area (Å²) in [6.45, 7) is 0. The minimum atomic E-state index is 0.0327. The van der Waals surface area contributed by atoms with E-state index >= 15 is 0 Å². The largest absolute Gasteiger partial charge is 0.370 e. The Hall–Kier alpha value is -2.66. The Morgan fingerprint density at radius 1 is 1.05 bits per heavy atom. The number of guanidine groups is 1. The molecular formula is C17H14N4S. The Labute approximate surface area is 132 Å². The van der Waals surface area contributed by atoms with E-state index in [1.165, 1.54) is 33.6 Å². The van der Waals surface area contributed by atoms with Crippen LogP contribution in [0.4, 0.5) is 5.13 Å². The van der Waals surface area contributed by atoms with Crippen LogP contribution in [0.25, 0.3) is 22.4 Å². The van der Waals surface area contributed by atoms with Gasteiger partial charge in [0.1, 0.15) is 0 Å². The van der Waals surface area contributed by atoms with Gasteiger partial charge in [0.2, 0.25) is 5.13 Å². The van der Waals surface area contributed by atoms with E-state index in [1.807, 2.05) is 5.38 Å². The van der Waals surface area contributed by atoms with Gasteiger partial charge in [0, 0.05) is 10.9 Å². The van der Waals surface area contributed by atoms with Gasteiger partial charge in [-0.1, -0.05) is 36.4 Å². The van der Waals surface area contributed by atoms with Gasteiger partial charge in [0.05, 0.1) is 5.69 Å².